The first-order valence-electron chi connectivity index (χ1n) is 5.73. The number of amides is 1. The second-order valence-corrected chi connectivity index (χ2v) is 3.92. The summed E-state index contributed by atoms with van der Waals surface area (Å²) in [6.07, 6.45) is -0.287. The summed E-state index contributed by atoms with van der Waals surface area (Å²) >= 11 is 0. The fraction of sp³-hybridized carbons (Fsp3) is 0.250. The Morgan fingerprint density at radius 2 is 1.90 bits per heavy atom. The lowest BCUT2D eigenvalue weighted by Gasteiger charge is -2.06. The molecule has 1 rings (SSSR count). The Hall–Kier alpha value is -2.97. The molecule has 0 saturated carbocycles. The maximum absolute atomic E-state index is 11.8. The van der Waals surface area contributed by atoms with Crippen molar-refractivity contribution in [1.82, 2.24) is 5.32 Å². The summed E-state index contributed by atoms with van der Waals surface area (Å²) < 4.78 is 4.45. The molecule has 0 heterocycles. The van der Waals surface area contributed by atoms with Crippen molar-refractivity contribution in [2.24, 2.45) is 0 Å². The van der Waals surface area contributed by atoms with E-state index in [9.17, 15) is 24.5 Å². The fourth-order valence-corrected chi connectivity index (χ4v) is 1.47. The number of hydrogen-bond acceptors (Lipinski definition) is 6. The van der Waals surface area contributed by atoms with Crippen molar-refractivity contribution in [2.75, 3.05) is 13.7 Å². The molecule has 0 aliphatic carbocycles. The predicted octanol–water partition coefficient (Wildman–Crippen LogP) is 0.586. The number of carboxylic acids is 1. The molecule has 9 heteroatoms. The Morgan fingerprint density at radius 1 is 1.29 bits per heavy atom. The van der Waals surface area contributed by atoms with Crippen LogP contribution in [0.3, 0.4) is 0 Å². The van der Waals surface area contributed by atoms with Crippen molar-refractivity contribution in [3.05, 3.63) is 39.4 Å². The van der Waals surface area contributed by atoms with E-state index in [1.807, 2.05) is 0 Å². The van der Waals surface area contributed by atoms with E-state index in [2.05, 4.69) is 10.1 Å². The number of benzene rings is 1. The number of methoxy groups -OCH3 is 1. The standard InChI is InChI=1S/C12H12N2O7/c1-21-12(18)8-4-7(5-9(6-8)14(19)20)11(17)13-3-2-10(15)16/h4-6H,2-3H2,1H3,(H,13,17)(H,15,16). The summed E-state index contributed by atoms with van der Waals surface area (Å²) in [7, 11) is 1.10. The van der Waals surface area contributed by atoms with Gasteiger partial charge in [-0.3, -0.25) is 19.7 Å². The third-order valence-corrected chi connectivity index (χ3v) is 2.44. The van der Waals surface area contributed by atoms with E-state index in [1.54, 1.807) is 0 Å². The number of nitrogens with zero attached hydrogens (tertiary/aromatic N) is 1. The summed E-state index contributed by atoms with van der Waals surface area (Å²) in [5, 5.41) is 21.5. The summed E-state index contributed by atoms with van der Waals surface area (Å²) in [6, 6.07) is 3.11. The highest BCUT2D eigenvalue weighted by Gasteiger charge is 2.18. The number of ether oxygens (including phenoxy) is 1. The molecule has 0 radical (unpaired) electrons. The number of esters is 1. The van der Waals surface area contributed by atoms with Gasteiger partial charge in [-0.25, -0.2) is 4.79 Å². The Bertz CT molecular complexity index is 597. The van der Waals surface area contributed by atoms with Gasteiger partial charge >= 0.3 is 11.9 Å². The van der Waals surface area contributed by atoms with Crippen LogP contribution in [0.2, 0.25) is 0 Å². The number of carbonyl (C=O) groups is 3. The van der Waals surface area contributed by atoms with E-state index in [1.165, 1.54) is 0 Å². The van der Waals surface area contributed by atoms with Gasteiger partial charge in [-0.1, -0.05) is 0 Å². The van der Waals surface area contributed by atoms with Crippen LogP contribution in [-0.2, 0) is 9.53 Å². The molecule has 2 N–H and O–H groups in total. The van der Waals surface area contributed by atoms with E-state index >= 15 is 0 Å². The van der Waals surface area contributed by atoms with E-state index in [0.29, 0.717) is 0 Å². The zero-order valence-corrected chi connectivity index (χ0v) is 11.0. The highest BCUT2D eigenvalue weighted by molar-refractivity contribution is 5.99. The predicted molar refractivity (Wildman–Crippen MR) is 69.0 cm³/mol. The molecule has 0 spiro atoms. The summed E-state index contributed by atoms with van der Waals surface area (Å²) in [4.78, 5) is 43.6. The molecule has 0 saturated heterocycles. The fourth-order valence-electron chi connectivity index (χ4n) is 1.47. The van der Waals surface area contributed by atoms with Crippen molar-refractivity contribution in [3.8, 4) is 0 Å². The Labute approximate surface area is 118 Å². The number of non-ortho nitro benzene ring substituents is 1. The molecule has 1 aromatic rings. The van der Waals surface area contributed by atoms with Crippen LogP contribution in [0.15, 0.2) is 18.2 Å². The SMILES string of the molecule is COC(=O)c1cc(C(=O)NCCC(=O)O)cc([N+](=O)[O-])c1. The molecule has 0 aromatic heterocycles. The maximum Gasteiger partial charge on any atom is 0.338 e. The number of nitrogens with one attached hydrogen (secondary N) is 1. The van der Waals surface area contributed by atoms with Gasteiger partial charge in [0.25, 0.3) is 11.6 Å². The lowest BCUT2D eigenvalue weighted by atomic mass is 10.1. The Morgan fingerprint density at radius 3 is 2.43 bits per heavy atom. The topological polar surface area (TPSA) is 136 Å². The number of carboxylic acid groups (broad SMARTS) is 1. The van der Waals surface area contributed by atoms with Crippen LogP contribution < -0.4 is 5.32 Å². The first-order chi connectivity index (χ1) is 9.85. The van der Waals surface area contributed by atoms with Crippen molar-refractivity contribution >= 4 is 23.5 Å². The number of hydrogen-bond donors (Lipinski definition) is 2. The second kappa shape index (κ2) is 6.98. The Kier molecular flexibility index (Phi) is 5.35. The van der Waals surface area contributed by atoms with Crippen molar-refractivity contribution in [3.63, 3.8) is 0 Å². The van der Waals surface area contributed by atoms with Crippen LogP contribution in [0.25, 0.3) is 0 Å². The van der Waals surface area contributed by atoms with E-state index < -0.39 is 28.5 Å². The molecule has 21 heavy (non-hydrogen) atoms. The Balaban J connectivity index is 3.02. The number of aliphatic carboxylic acids is 1. The van der Waals surface area contributed by atoms with E-state index in [4.69, 9.17) is 5.11 Å². The van der Waals surface area contributed by atoms with Crippen molar-refractivity contribution in [2.45, 2.75) is 6.42 Å². The maximum atomic E-state index is 11.8. The minimum atomic E-state index is -1.09. The first kappa shape index (κ1) is 16.1. The molecule has 1 amide bonds. The van der Waals surface area contributed by atoms with Crippen molar-refractivity contribution in [1.29, 1.82) is 0 Å². The third-order valence-electron chi connectivity index (χ3n) is 2.44. The molecule has 0 bridgehead atoms. The summed E-state index contributed by atoms with van der Waals surface area (Å²) in [6.45, 7) is -0.135. The minimum Gasteiger partial charge on any atom is -0.481 e. The molecule has 112 valence electrons. The molecule has 0 aliphatic heterocycles. The molecule has 0 fully saturated rings. The van der Waals surface area contributed by atoms with Crippen LogP contribution in [0.5, 0.6) is 0 Å². The highest BCUT2D eigenvalue weighted by atomic mass is 16.6. The van der Waals surface area contributed by atoms with Gasteiger partial charge in [0.1, 0.15) is 0 Å². The minimum absolute atomic E-state index is 0.130. The second-order valence-electron chi connectivity index (χ2n) is 3.92. The van der Waals surface area contributed by atoms with Gasteiger partial charge in [0.2, 0.25) is 0 Å². The zero-order valence-electron chi connectivity index (χ0n) is 11.0. The molecule has 0 atom stereocenters. The number of rotatable bonds is 6. The van der Waals surface area contributed by atoms with Gasteiger partial charge in [0.05, 0.1) is 24.0 Å². The van der Waals surface area contributed by atoms with Crippen LogP contribution in [0.1, 0.15) is 27.1 Å². The smallest absolute Gasteiger partial charge is 0.338 e. The average molecular weight is 296 g/mol. The largest absolute Gasteiger partial charge is 0.481 e. The summed E-state index contributed by atoms with van der Waals surface area (Å²) in [5.74, 6) is -2.63. The van der Waals surface area contributed by atoms with Gasteiger partial charge < -0.3 is 15.2 Å². The van der Waals surface area contributed by atoms with E-state index in [0.717, 1.165) is 25.3 Å². The number of nitro groups is 1. The molecule has 0 aliphatic rings. The summed E-state index contributed by atoms with van der Waals surface area (Å²) in [5.41, 5.74) is -0.716. The monoisotopic (exact) mass is 296 g/mol. The molecular weight excluding hydrogens is 284 g/mol. The van der Waals surface area contributed by atoms with Gasteiger partial charge in [0, 0.05) is 24.2 Å². The molecule has 9 nitrogen and oxygen atoms in total. The van der Waals surface area contributed by atoms with Crippen molar-refractivity contribution < 1.29 is 29.2 Å². The third kappa shape index (κ3) is 4.56. The molecular formula is C12H12N2O7. The number of nitro benzene ring substituents is 1. The molecule has 1 aromatic carbocycles. The highest BCUT2D eigenvalue weighted by Crippen LogP contribution is 2.18. The molecule has 0 unspecified atom stereocenters. The lowest BCUT2D eigenvalue weighted by Crippen LogP contribution is -2.26. The van der Waals surface area contributed by atoms with Gasteiger partial charge in [-0.15, -0.1) is 0 Å². The normalized spacial score (nSPS) is 9.76. The van der Waals surface area contributed by atoms with E-state index in [-0.39, 0.29) is 24.1 Å². The first-order valence-corrected chi connectivity index (χ1v) is 5.73. The number of carbonyl (C=O) groups excluding carboxylic acids is 2. The van der Waals surface area contributed by atoms with Crippen LogP contribution in [-0.4, -0.2) is 41.5 Å². The zero-order chi connectivity index (χ0) is 16.0. The van der Waals surface area contributed by atoms with Gasteiger partial charge in [-0.2, -0.15) is 0 Å². The van der Waals surface area contributed by atoms with Gasteiger partial charge in [0.15, 0.2) is 0 Å². The lowest BCUT2D eigenvalue weighted by molar-refractivity contribution is -0.384. The van der Waals surface area contributed by atoms with Gasteiger partial charge in [-0.05, 0) is 6.07 Å². The van der Waals surface area contributed by atoms with Crippen LogP contribution >= 0.6 is 0 Å². The quantitative estimate of drug-likeness (QED) is 0.445. The van der Waals surface area contributed by atoms with Crippen LogP contribution in [0, 0.1) is 10.1 Å². The van der Waals surface area contributed by atoms with Crippen LogP contribution in [0.4, 0.5) is 5.69 Å². The average Bonchev–Trinajstić information content (AvgIpc) is 2.45.